The van der Waals surface area contributed by atoms with E-state index in [4.69, 9.17) is 11.0 Å². The third-order valence-corrected chi connectivity index (χ3v) is 1.94. The largest absolute Gasteiger partial charge is 0.399 e. The lowest BCUT2D eigenvalue weighted by molar-refractivity contribution is 0.0951. The van der Waals surface area contributed by atoms with E-state index < -0.39 is 0 Å². The molecule has 15 heavy (non-hydrogen) atoms. The van der Waals surface area contributed by atoms with Gasteiger partial charge in [0.25, 0.3) is 5.91 Å². The highest BCUT2D eigenvalue weighted by Crippen LogP contribution is 2.06. The molecule has 1 rings (SSSR count). The van der Waals surface area contributed by atoms with E-state index in [0.29, 0.717) is 17.8 Å². The molecule has 0 spiro atoms. The van der Waals surface area contributed by atoms with Crippen LogP contribution in [0.5, 0.6) is 0 Å². The maximum atomic E-state index is 11.5. The number of nitriles is 1. The molecule has 0 aromatic heterocycles. The first-order valence-corrected chi connectivity index (χ1v) is 4.67. The minimum Gasteiger partial charge on any atom is -0.399 e. The zero-order chi connectivity index (χ0) is 11.3. The van der Waals surface area contributed by atoms with Crippen molar-refractivity contribution in [2.45, 2.75) is 6.92 Å². The van der Waals surface area contributed by atoms with Crippen molar-refractivity contribution in [2.24, 2.45) is 5.92 Å². The zero-order valence-corrected chi connectivity index (χ0v) is 8.53. The summed E-state index contributed by atoms with van der Waals surface area (Å²) in [5.41, 5.74) is 6.61. The highest BCUT2D eigenvalue weighted by Gasteiger charge is 2.06. The van der Waals surface area contributed by atoms with E-state index >= 15 is 0 Å². The van der Waals surface area contributed by atoms with E-state index in [0.717, 1.165) is 0 Å². The average Bonchev–Trinajstić information content (AvgIpc) is 2.25. The van der Waals surface area contributed by atoms with Crippen LogP contribution in [0.25, 0.3) is 0 Å². The predicted octanol–water partition coefficient (Wildman–Crippen LogP) is 1.16. The van der Waals surface area contributed by atoms with Crippen molar-refractivity contribution in [3.63, 3.8) is 0 Å². The molecule has 0 aliphatic rings. The smallest absolute Gasteiger partial charge is 0.251 e. The molecule has 1 amide bonds. The summed E-state index contributed by atoms with van der Waals surface area (Å²) in [7, 11) is 0. The number of rotatable bonds is 3. The molecule has 0 radical (unpaired) electrons. The van der Waals surface area contributed by atoms with Crippen molar-refractivity contribution < 1.29 is 4.79 Å². The molecule has 0 aliphatic heterocycles. The van der Waals surface area contributed by atoms with Crippen LogP contribution in [0, 0.1) is 17.2 Å². The summed E-state index contributed by atoms with van der Waals surface area (Å²) in [5, 5.41) is 11.2. The molecule has 0 aliphatic carbocycles. The molecule has 1 unspecified atom stereocenters. The topological polar surface area (TPSA) is 78.9 Å². The van der Waals surface area contributed by atoms with Gasteiger partial charge in [0.05, 0.1) is 12.0 Å². The van der Waals surface area contributed by atoms with E-state index in [9.17, 15) is 4.79 Å². The standard InChI is InChI=1S/C11H13N3O/c1-8(6-12)7-14-11(15)9-3-2-4-10(13)5-9/h2-5,8H,7,13H2,1H3,(H,14,15). The first-order chi connectivity index (χ1) is 7.13. The van der Waals surface area contributed by atoms with Gasteiger partial charge in [0.15, 0.2) is 0 Å². The number of amides is 1. The fourth-order valence-electron chi connectivity index (χ4n) is 1.07. The monoisotopic (exact) mass is 203 g/mol. The fourth-order valence-corrected chi connectivity index (χ4v) is 1.07. The Kier molecular flexibility index (Phi) is 3.69. The molecule has 0 bridgehead atoms. The van der Waals surface area contributed by atoms with Gasteiger partial charge in [-0.1, -0.05) is 6.07 Å². The molecule has 0 saturated carbocycles. The molecule has 0 fully saturated rings. The van der Waals surface area contributed by atoms with Crippen LogP contribution in [0.4, 0.5) is 5.69 Å². The van der Waals surface area contributed by atoms with Gasteiger partial charge in [-0.25, -0.2) is 0 Å². The van der Waals surface area contributed by atoms with Crippen molar-refractivity contribution in [1.29, 1.82) is 5.26 Å². The van der Waals surface area contributed by atoms with E-state index in [2.05, 4.69) is 5.32 Å². The fraction of sp³-hybridized carbons (Fsp3) is 0.273. The van der Waals surface area contributed by atoms with Crippen LogP contribution in [0.2, 0.25) is 0 Å². The van der Waals surface area contributed by atoms with Gasteiger partial charge in [-0.3, -0.25) is 4.79 Å². The van der Waals surface area contributed by atoms with Gasteiger partial charge in [-0.15, -0.1) is 0 Å². The third-order valence-electron chi connectivity index (χ3n) is 1.94. The van der Waals surface area contributed by atoms with Crippen LogP contribution in [-0.2, 0) is 0 Å². The van der Waals surface area contributed by atoms with Gasteiger partial charge in [-0.05, 0) is 25.1 Å². The second-order valence-corrected chi connectivity index (χ2v) is 3.37. The Balaban J connectivity index is 2.59. The Morgan fingerprint density at radius 1 is 1.67 bits per heavy atom. The van der Waals surface area contributed by atoms with Crippen LogP contribution in [0.3, 0.4) is 0 Å². The number of anilines is 1. The van der Waals surface area contributed by atoms with Gasteiger partial charge in [0.2, 0.25) is 0 Å². The minimum atomic E-state index is -0.204. The summed E-state index contributed by atoms with van der Waals surface area (Å²) in [6.45, 7) is 2.10. The Morgan fingerprint density at radius 2 is 2.40 bits per heavy atom. The molecule has 1 atom stereocenters. The number of carbonyl (C=O) groups excluding carboxylic acids is 1. The van der Waals surface area contributed by atoms with Crippen molar-refractivity contribution in [2.75, 3.05) is 12.3 Å². The number of nitrogen functional groups attached to an aromatic ring is 1. The van der Waals surface area contributed by atoms with Gasteiger partial charge < -0.3 is 11.1 Å². The van der Waals surface area contributed by atoms with E-state index in [1.54, 1.807) is 31.2 Å². The number of hydrogen-bond donors (Lipinski definition) is 2. The molecule has 78 valence electrons. The predicted molar refractivity (Wildman–Crippen MR) is 58.0 cm³/mol. The van der Waals surface area contributed by atoms with Crippen LogP contribution >= 0.6 is 0 Å². The Hall–Kier alpha value is -2.02. The molecule has 1 aromatic carbocycles. The van der Waals surface area contributed by atoms with E-state index in [1.807, 2.05) is 6.07 Å². The number of nitrogens with two attached hydrogens (primary N) is 1. The maximum Gasteiger partial charge on any atom is 0.251 e. The Labute approximate surface area is 88.7 Å². The summed E-state index contributed by atoms with van der Waals surface area (Å²) < 4.78 is 0. The summed E-state index contributed by atoms with van der Waals surface area (Å²) >= 11 is 0. The molecule has 4 heteroatoms. The maximum absolute atomic E-state index is 11.5. The zero-order valence-electron chi connectivity index (χ0n) is 8.53. The first-order valence-electron chi connectivity index (χ1n) is 4.67. The lowest BCUT2D eigenvalue weighted by Crippen LogP contribution is -2.27. The highest BCUT2D eigenvalue weighted by atomic mass is 16.1. The summed E-state index contributed by atoms with van der Waals surface area (Å²) in [4.78, 5) is 11.5. The second-order valence-electron chi connectivity index (χ2n) is 3.37. The van der Waals surface area contributed by atoms with Crippen molar-refractivity contribution in [3.05, 3.63) is 29.8 Å². The number of hydrogen-bond acceptors (Lipinski definition) is 3. The summed E-state index contributed by atoms with van der Waals surface area (Å²) in [6.07, 6.45) is 0. The second kappa shape index (κ2) is 5.01. The van der Waals surface area contributed by atoms with Crippen LogP contribution in [-0.4, -0.2) is 12.5 Å². The SMILES string of the molecule is CC(C#N)CNC(=O)c1cccc(N)c1. The van der Waals surface area contributed by atoms with Gasteiger partial charge in [0.1, 0.15) is 0 Å². The van der Waals surface area contributed by atoms with Crippen LogP contribution in [0.1, 0.15) is 17.3 Å². The first kappa shape index (κ1) is 11.1. The normalized spacial score (nSPS) is 11.5. The lowest BCUT2D eigenvalue weighted by Gasteiger charge is -2.06. The van der Waals surface area contributed by atoms with Crippen LogP contribution in [0.15, 0.2) is 24.3 Å². The summed E-state index contributed by atoms with van der Waals surface area (Å²) in [5.74, 6) is -0.389. The Bertz CT molecular complexity index is 395. The average molecular weight is 203 g/mol. The van der Waals surface area contributed by atoms with E-state index in [-0.39, 0.29) is 11.8 Å². The molecule has 0 saturated heterocycles. The van der Waals surface area contributed by atoms with Crippen molar-refractivity contribution >= 4 is 11.6 Å². The minimum absolute atomic E-state index is 0.185. The lowest BCUT2D eigenvalue weighted by atomic mass is 10.1. The number of benzene rings is 1. The Morgan fingerprint density at radius 3 is 3.00 bits per heavy atom. The molecule has 0 heterocycles. The number of carbonyl (C=O) groups is 1. The van der Waals surface area contributed by atoms with Crippen molar-refractivity contribution in [3.8, 4) is 6.07 Å². The quantitative estimate of drug-likeness (QED) is 0.723. The van der Waals surface area contributed by atoms with Crippen LogP contribution < -0.4 is 11.1 Å². The molecule has 4 nitrogen and oxygen atoms in total. The number of nitrogens with one attached hydrogen (secondary N) is 1. The van der Waals surface area contributed by atoms with Gasteiger partial charge >= 0.3 is 0 Å². The van der Waals surface area contributed by atoms with Gasteiger partial charge in [-0.2, -0.15) is 5.26 Å². The van der Waals surface area contributed by atoms with Gasteiger partial charge in [0, 0.05) is 17.8 Å². The molecular weight excluding hydrogens is 190 g/mol. The number of nitrogens with zero attached hydrogens (tertiary/aromatic N) is 1. The van der Waals surface area contributed by atoms with E-state index in [1.165, 1.54) is 0 Å². The van der Waals surface area contributed by atoms with Crippen molar-refractivity contribution in [1.82, 2.24) is 5.32 Å². The molecule has 1 aromatic rings. The third kappa shape index (κ3) is 3.31. The summed E-state index contributed by atoms with van der Waals surface area (Å²) in [6, 6.07) is 8.77. The highest BCUT2D eigenvalue weighted by molar-refractivity contribution is 5.94. The molecule has 3 N–H and O–H groups in total. The molecular formula is C11H13N3O.